The van der Waals surface area contributed by atoms with E-state index in [9.17, 15) is 0 Å². The molecule has 0 amide bonds. The fourth-order valence-electron chi connectivity index (χ4n) is 1.55. The van der Waals surface area contributed by atoms with Gasteiger partial charge in [-0.05, 0) is 24.3 Å². The average Bonchev–Trinajstić information content (AvgIpc) is 2.53. The molecule has 0 fully saturated rings. The Kier molecular flexibility index (Phi) is 8.85. The van der Waals surface area contributed by atoms with E-state index in [4.69, 9.17) is 5.73 Å². The summed E-state index contributed by atoms with van der Waals surface area (Å²) in [6.07, 6.45) is 8.31. The molecular formula is C18H23N3. The second-order valence-electron chi connectivity index (χ2n) is 3.64. The molecule has 0 saturated heterocycles. The number of hydrogen-bond donors (Lipinski definition) is 1. The average molecular weight is 281 g/mol. The predicted molar refractivity (Wildman–Crippen MR) is 95.4 cm³/mol. The van der Waals surface area contributed by atoms with Crippen LogP contribution in [-0.4, -0.2) is 0 Å². The van der Waals surface area contributed by atoms with Gasteiger partial charge in [-0.3, -0.25) is 0 Å². The van der Waals surface area contributed by atoms with Crippen molar-refractivity contribution >= 4 is 23.5 Å². The second-order valence-corrected chi connectivity index (χ2v) is 3.64. The highest BCUT2D eigenvalue weighted by Gasteiger charge is 2.06. The lowest BCUT2D eigenvalue weighted by atomic mass is 10.0. The molecule has 0 aromatic heterocycles. The van der Waals surface area contributed by atoms with E-state index in [1.54, 1.807) is 42.5 Å². The van der Waals surface area contributed by atoms with Crippen molar-refractivity contribution < 1.29 is 0 Å². The first-order valence-corrected chi connectivity index (χ1v) is 6.72. The number of nitrogen functional groups attached to an aromatic ring is 1. The minimum Gasteiger partial charge on any atom is -0.398 e. The van der Waals surface area contributed by atoms with Crippen LogP contribution >= 0.6 is 0 Å². The normalized spacial score (nSPS) is 10.5. The van der Waals surface area contributed by atoms with Crippen LogP contribution in [0.25, 0.3) is 12.2 Å². The van der Waals surface area contributed by atoms with Gasteiger partial charge in [0, 0.05) is 16.8 Å². The lowest BCUT2D eigenvalue weighted by molar-refractivity contribution is 1.17. The summed E-state index contributed by atoms with van der Waals surface area (Å²) in [6, 6.07) is 3.56. The molecular weight excluding hydrogens is 258 g/mol. The van der Waals surface area contributed by atoms with Crippen molar-refractivity contribution in [3.05, 3.63) is 73.5 Å². The quantitative estimate of drug-likeness (QED) is 0.392. The third-order valence-electron chi connectivity index (χ3n) is 2.48. The molecule has 0 aliphatic carbocycles. The molecule has 1 aromatic rings. The number of hydrogen-bond acceptors (Lipinski definition) is 3. The molecule has 3 nitrogen and oxygen atoms in total. The Balaban J connectivity index is 0.00000191. The molecule has 0 bridgehead atoms. The third kappa shape index (κ3) is 5.07. The van der Waals surface area contributed by atoms with E-state index in [0.717, 1.165) is 11.1 Å². The zero-order valence-corrected chi connectivity index (χ0v) is 12.8. The third-order valence-corrected chi connectivity index (χ3v) is 2.48. The topological polar surface area (TPSA) is 50.7 Å². The second kappa shape index (κ2) is 10.1. The minimum absolute atomic E-state index is 0.627. The summed E-state index contributed by atoms with van der Waals surface area (Å²) < 4.78 is 0. The highest BCUT2D eigenvalue weighted by molar-refractivity contribution is 5.80. The Labute approximate surface area is 127 Å². The van der Waals surface area contributed by atoms with Crippen molar-refractivity contribution in [3.8, 4) is 0 Å². The summed E-state index contributed by atoms with van der Waals surface area (Å²) in [7, 11) is 0. The Morgan fingerprint density at radius 3 is 2.14 bits per heavy atom. The molecule has 0 unspecified atom stereocenters. The van der Waals surface area contributed by atoms with E-state index in [1.165, 1.54) is 0 Å². The number of azo groups is 1. The molecule has 0 atom stereocenters. The van der Waals surface area contributed by atoms with Crippen molar-refractivity contribution in [1.29, 1.82) is 0 Å². The molecule has 3 heteroatoms. The first-order chi connectivity index (χ1) is 10.2. The van der Waals surface area contributed by atoms with Crippen LogP contribution in [0.3, 0.4) is 0 Å². The number of rotatable bonds is 6. The highest BCUT2D eigenvalue weighted by atomic mass is 15.1. The maximum absolute atomic E-state index is 5.87. The zero-order valence-electron chi connectivity index (χ0n) is 12.8. The Morgan fingerprint density at radius 1 is 1.05 bits per heavy atom. The van der Waals surface area contributed by atoms with Crippen molar-refractivity contribution in [2.75, 3.05) is 5.73 Å². The lowest BCUT2D eigenvalue weighted by Crippen LogP contribution is -1.92. The van der Waals surface area contributed by atoms with Gasteiger partial charge in [0.1, 0.15) is 0 Å². The fourth-order valence-corrected chi connectivity index (χ4v) is 1.55. The molecule has 0 saturated carbocycles. The van der Waals surface area contributed by atoms with Crippen molar-refractivity contribution in [2.24, 2.45) is 10.2 Å². The van der Waals surface area contributed by atoms with Crippen LogP contribution in [-0.2, 0) is 0 Å². The van der Waals surface area contributed by atoms with Gasteiger partial charge in [0.2, 0.25) is 0 Å². The number of benzene rings is 1. The summed E-state index contributed by atoms with van der Waals surface area (Å²) in [4.78, 5) is 0. The van der Waals surface area contributed by atoms with Gasteiger partial charge in [-0.2, -0.15) is 5.11 Å². The summed E-state index contributed by atoms with van der Waals surface area (Å²) in [5, 5.41) is 8.27. The van der Waals surface area contributed by atoms with E-state index in [2.05, 4.69) is 36.5 Å². The smallest absolute Gasteiger partial charge is 0.0936 e. The standard InChI is InChI=1S/C16H17N3.C2H6/c1-5-9-12(6-2)18-19-16-11-10-15(17)13(7-3)14(16)8-4;1-2/h5-11H,1-4,17H2;1-2H3/b12-9+,19-18?;. The molecule has 21 heavy (non-hydrogen) atoms. The van der Waals surface area contributed by atoms with Gasteiger partial charge in [0.05, 0.1) is 11.4 Å². The number of allylic oxidation sites excluding steroid dienone is 3. The van der Waals surface area contributed by atoms with Gasteiger partial charge >= 0.3 is 0 Å². The zero-order chi connectivity index (χ0) is 16.3. The summed E-state index contributed by atoms with van der Waals surface area (Å²) in [5.41, 5.74) is 9.42. The van der Waals surface area contributed by atoms with Gasteiger partial charge in [-0.25, -0.2) is 0 Å². The number of nitrogens with zero attached hydrogens (tertiary/aromatic N) is 2. The molecule has 1 aromatic carbocycles. The number of nitrogens with two attached hydrogens (primary N) is 1. The largest absolute Gasteiger partial charge is 0.398 e. The SMILES string of the molecule is C=C/C=C(\C=C)N=Nc1ccc(N)c(C=C)c1C=C.CC. The van der Waals surface area contributed by atoms with Crippen molar-refractivity contribution in [1.82, 2.24) is 0 Å². The fraction of sp³-hybridized carbons (Fsp3) is 0.111. The van der Waals surface area contributed by atoms with Crippen LogP contribution in [0, 0.1) is 0 Å². The first-order valence-electron chi connectivity index (χ1n) is 6.72. The lowest BCUT2D eigenvalue weighted by Gasteiger charge is -2.07. The molecule has 110 valence electrons. The van der Waals surface area contributed by atoms with Crippen LogP contribution in [0.2, 0.25) is 0 Å². The molecule has 2 N–H and O–H groups in total. The van der Waals surface area contributed by atoms with E-state index in [0.29, 0.717) is 17.1 Å². The molecule has 0 aliphatic rings. The monoisotopic (exact) mass is 281 g/mol. The molecule has 0 heterocycles. The molecule has 0 spiro atoms. The Morgan fingerprint density at radius 2 is 1.67 bits per heavy atom. The maximum Gasteiger partial charge on any atom is 0.0936 e. The molecule has 0 radical (unpaired) electrons. The van der Waals surface area contributed by atoms with Gasteiger partial charge in [0.15, 0.2) is 0 Å². The highest BCUT2D eigenvalue weighted by Crippen LogP contribution is 2.30. The predicted octanol–water partition coefficient (Wildman–Crippen LogP) is 5.92. The summed E-state index contributed by atoms with van der Waals surface area (Å²) in [6.45, 7) is 18.8. The van der Waals surface area contributed by atoms with E-state index < -0.39 is 0 Å². The minimum atomic E-state index is 0.627. The van der Waals surface area contributed by atoms with Crippen LogP contribution in [0.15, 0.2) is 72.6 Å². The van der Waals surface area contributed by atoms with Crippen molar-refractivity contribution in [2.45, 2.75) is 13.8 Å². The van der Waals surface area contributed by atoms with E-state index in [-0.39, 0.29) is 0 Å². The van der Waals surface area contributed by atoms with Gasteiger partial charge < -0.3 is 5.73 Å². The van der Waals surface area contributed by atoms with E-state index >= 15 is 0 Å². The summed E-state index contributed by atoms with van der Waals surface area (Å²) in [5.74, 6) is 0. The van der Waals surface area contributed by atoms with Crippen molar-refractivity contribution in [3.63, 3.8) is 0 Å². The van der Waals surface area contributed by atoms with Gasteiger partial charge in [-0.1, -0.05) is 58.4 Å². The Bertz CT molecular complexity index is 578. The van der Waals surface area contributed by atoms with Crippen LogP contribution in [0.1, 0.15) is 25.0 Å². The van der Waals surface area contributed by atoms with Gasteiger partial charge in [-0.15, -0.1) is 5.11 Å². The van der Waals surface area contributed by atoms with Gasteiger partial charge in [0.25, 0.3) is 0 Å². The van der Waals surface area contributed by atoms with Crippen LogP contribution in [0.4, 0.5) is 11.4 Å². The summed E-state index contributed by atoms with van der Waals surface area (Å²) >= 11 is 0. The van der Waals surface area contributed by atoms with Crippen LogP contribution < -0.4 is 5.73 Å². The maximum atomic E-state index is 5.87. The Hall–Kier alpha value is -2.68. The first kappa shape index (κ1) is 18.3. The van der Waals surface area contributed by atoms with E-state index in [1.807, 2.05) is 13.8 Å². The molecule has 1 rings (SSSR count). The molecule has 0 aliphatic heterocycles. The van der Waals surface area contributed by atoms with Crippen LogP contribution in [0.5, 0.6) is 0 Å². The number of anilines is 1.